The third-order valence-electron chi connectivity index (χ3n) is 3.65. The summed E-state index contributed by atoms with van der Waals surface area (Å²) in [4.78, 5) is 4.17. The Kier molecular flexibility index (Phi) is 2.82. The fraction of sp³-hybridized carbons (Fsp3) is 0.0556. The van der Waals surface area contributed by atoms with Gasteiger partial charge in [0.1, 0.15) is 11.5 Å². The van der Waals surface area contributed by atoms with Gasteiger partial charge in [0, 0.05) is 23.5 Å². The van der Waals surface area contributed by atoms with E-state index in [0.29, 0.717) is 0 Å². The molecule has 0 unspecified atom stereocenters. The molecule has 1 aliphatic rings. The Hall–Kier alpha value is -2.81. The van der Waals surface area contributed by atoms with Gasteiger partial charge in [-0.15, -0.1) is 0 Å². The number of nitrogens with one attached hydrogen (secondary N) is 1. The maximum atomic E-state index is 5.99. The summed E-state index contributed by atoms with van der Waals surface area (Å²) in [6.45, 7) is 0. The predicted octanol–water partition coefficient (Wildman–Crippen LogP) is 4.39. The van der Waals surface area contributed by atoms with Gasteiger partial charge < -0.3 is 10.1 Å². The number of anilines is 1. The van der Waals surface area contributed by atoms with E-state index in [1.54, 1.807) is 6.20 Å². The molecule has 3 aromatic rings. The van der Waals surface area contributed by atoms with Gasteiger partial charge in [0.15, 0.2) is 0 Å². The van der Waals surface area contributed by atoms with E-state index >= 15 is 0 Å². The second kappa shape index (κ2) is 4.94. The molecule has 3 heteroatoms. The lowest BCUT2D eigenvalue weighted by molar-refractivity contribution is 0.451. The number of para-hydroxylation sites is 2. The minimum absolute atomic E-state index is 0.0651. The monoisotopic (exact) mass is 274 g/mol. The number of nitrogens with zero attached hydrogens (tertiary/aromatic N) is 1. The summed E-state index contributed by atoms with van der Waals surface area (Å²) in [6, 6.07) is 20.3. The highest BCUT2D eigenvalue weighted by Gasteiger charge is 2.26. The molecule has 1 aromatic heterocycles. The van der Waals surface area contributed by atoms with E-state index in [0.717, 1.165) is 28.3 Å². The van der Waals surface area contributed by atoms with Gasteiger partial charge in [-0.3, -0.25) is 4.98 Å². The average molecular weight is 274 g/mol. The van der Waals surface area contributed by atoms with Crippen LogP contribution in [0.3, 0.4) is 0 Å². The smallest absolute Gasteiger partial charge is 0.133 e. The van der Waals surface area contributed by atoms with Crippen molar-refractivity contribution >= 4 is 5.69 Å². The number of fused-ring (bicyclic) bond motifs is 2. The lowest BCUT2D eigenvalue weighted by Crippen LogP contribution is -2.17. The van der Waals surface area contributed by atoms with Crippen LogP contribution in [0.25, 0.3) is 0 Å². The highest BCUT2D eigenvalue weighted by Crippen LogP contribution is 2.43. The van der Waals surface area contributed by atoms with Gasteiger partial charge in [0.05, 0.1) is 11.7 Å². The normalized spacial score (nSPS) is 13.0. The summed E-state index contributed by atoms with van der Waals surface area (Å²) in [5.41, 5.74) is 3.27. The Morgan fingerprint density at radius 1 is 0.810 bits per heavy atom. The van der Waals surface area contributed by atoms with Crippen molar-refractivity contribution in [1.29, 1.82) is 0 Å². The first kappa shape index (κ1) is 12.0. The van der Waals surface area contributed by atoms with Gasteiger partial charge in [-0.2, -0.15) is 0 Å². The van der Waals surface area contributed by atoms with Crippen molar-refractivity contribution in [2.24, 2.45) is 0 Å². The van der Waals surface area contributed by atoms with Crippen LogP contribution in [0.2, 0.25) is 0 Å². The van der Waals surface area contributed by atoms with Crippen LogP contribution >= 0.6 is 0 Å². The summed E-state index contributed by atoms with van der Waals surface area (Å²) < 4.78 is 5.99. The van der Waals surface area contributed by atoms with Crippen molar-refractivity contribution in [3.63, 3.8) is 0 Å². The molecule has 3 nitrogen and oxygen atoms in total. The Balaban J connectivity index is 1.82. The van der Waals surface area contributed by atoms with Crippen molar-refractivity contribution in [2.75, 3.05) is 5.32 Å². The van der Waals surface area contributed by atoms with Crippen LogP contribution < -0.4 is 10.1 Å². The minimum Gasteiger partial charge on any atom is -0.457 e. The fourth-order valence-corrected chi connectivity index (χ4v) is 2.68. The van der Waals surface area contributed by atoms with Crippen molar-refractivity contribution in [3.05, 3.63) is 84.2 Å². The number of hydrogen-bond acceptors (Lipinski definition) is 3. The van der Waals surface area contributed by atoms with Crippen LogP contribution in [0, 0.1) is 0 Å². The first-order valence-corrected chi connectivity index (χ1v) is 6.94. The van der Waals surface area contributed by atoms with Gasteiger partial charge in [0.2, 0.25) is 0 Å². The molecule has 4 rings (SSSR count). The molecule has 0 spiro atoms. The van der Waals surface area contributed by atoms with Crippen molar-refractivity contribution in [1.82, 2.24) is 4.98 Å². The van der Waals surface area contributed by atoms with E-state index in [-0.39, 0.29) is 6.04 Å². The zero-order chi connectivity index (χ0) is 14.1. The number of hydrogen-bond donors (Lipinski definition) is 1. The zero-order valence-corrected chi connectivity index (χ0v) is 11.4. The van der Waals surface area contributed by atoms with Crippen LogP contribution in [0.4, 0.5) is 5.69 Å². The van der Waals surface area contributed by atoms with Crippen LogP contribution in [0.5, 0.6) is 11.5 Å². The second-order valence-electron chi connectivity index (χ2n) is 5.00. The quantitative estimate of drug-likeness (QED) is 0.752. The number of benzene rings is 2. The molecule has 102 valence electrons. The van der Waals surface area contributed by atoms with Crippen LogP contribution in [0.15, 0.2) is 73.1 Å². The lowest BCUT2D eigenvalue weighted by atomic mass is 9.94. The van der Waals surface area contributed by atoms with Crippen molar-refractivity contribution in [3.8, 4) is 11.5 Å². The van der Waals surface area contributed by atoms with Gasteiger partial charge in [-0.05, 0) is 24.3 Å². The number of ether oxygens (including phenoxy) is 1. The zero-order valence-electron chi connectivity index (χ0n) is 11.4. The summed E-state index contributed by atoms with van der Waals surface area (Å²) in [6.07, 6.45) is 3.61. The SMILES string of the molecule is c1cncc(NC2c3ccccc3Oc3ccccc32)c1. The van der Waals surface area contributed by atoms with E-state index < -0.39 is 0 Å². The number of aromatic nitrogens is 1. The summed E-state index contributed by atoms with van der Waals surface area (Å²) >= 11 is 0. The highest BCUT2D eigenvalue weighted by molar-refractivity contribution is 5.58. The van der Waals surface area contributed by atoms with E-state index in [4.69, 9.17) is 4.74 Å². The van der Waals surface area contributed by atoms with Crippen LogP contribution in [-0.4, -0.2) is 4.98 Å². The Labute approximate surface area is 123 Å². The molecule has 2 heterocycles. The van der Waals surface area contributed by atoms with Crippen molar-refractivity contribution in [2.45, 2.75) is 6.04 Å². The predicted molar refractivity (Wildman–Crippen MR) is 82.7 cm³/mol. The van der Waals surface area contributed by atoms with Gasteiger partial charge in [-0.25, -0.2) is 0 Å². The molecular formula is C18H14N2O. The van der Waals surface area contributed by atoms with E-state index in [1.807, 2.05) is 54.7 Å². The Morgan fingerprint density at radius 3 is 2.10 bits per heavy atom. The Bertz CT molecular complexity index is 725. The highest BCUT2D eigenvalue weighted by atomic mass is 16.5. The van der Waals surface area contributed by atoms with Crippen LogP contribution in [0.1, 0.15) is 17.2 Å². The van der Waals surface area contributed by atoms with Gasteiger partial charge in [-0.1, -0.05) is 36.4 Å². The van der Waals surface area contributed by atoms with E-state index in [2.05, 4.69) is 22.4 Å². The second-order valence-corrected chi connectivity index (χ2v) is 5.00. The lowest BCUT2D eigenvalue weighted by Gasteiger charge is -2.29. The largest absolute Gasteiger partial charge is 0.457 e. The topological polar surface area (TPSA) is 34.2 Å². The third-order valence-corrected chi connectivity index (χ3v) is 3.65. The summed E-state index contributed by atoms with van der Waals surface area (Å²) in [7, 11) is 0. The van der Waals surface area contributed by atoms with Gasteiger partial charge >= 0.3 is 0 Å². The fourth-order valence-electron chi connectivity index (χ4n) is 2.68. The third kappa shape index (κ3) is 2.13. The van der Waals surface area contributed by atoms with Crippen LogP contribution in [-0.2, 0) is 0 Å². The molecule has 0 fully saturated rings. The molecule has 0 amide bonds. The summed E-state index contributed by atoms with van der Waals surface area (Å²) in [5.74, 6) is 1.80. The molecular weight excluding hydrogens is 260 g/mol. The minimum atomic E-state index is 0.0651. The standard InChI is InChI=1S/C18H14N2O/c1-3-9-16-14(7-1)18(20-13-6-5-11-19-12-13)15-8-2-4-10-17(15)21-16/h1-12,18,20H. The molecule has 0 radical (unpaired) electrons. The Morgan fingerprint density at radius 2 is 1.48 bits per heavy atom. The van der Waals surface area contributed by atoms with Crippen molar-refractivity contribution < 1.29 is 4.74 Å². The first-order chi connectivity index (χ1) is 10.4. The van der Waals surface area contributed by atoms with E-state index in [1.165, 1.54) is 0 Å². The average Bonchev–Trinajstić information content (AvgIpc) is 2.55. The van der Waals surface area contributed by atoms with E-state index in [9.17, 15) is 0 Å². The molecule has 0 atom stereocenters. The molecule has 1 aliphatic heterocycles. The summed E-state index contributed by atoms with van der Waals surface area (Å²) in [5, 5.41) is 3.55. The number of rotatable bonds is 2. The maximum absolute atomic E-state index is 5.99. The maximum Gasteiger partial charge on any atom is 0.133 e. The molecule has 0 bridgehead atoms. The first-order valence-electron chi connectivity index (χ1n) is 6.94. The molecule has 21 heavy (non-hydrogen) atoms. The molecule has 0 saturated carbocycles. The molecule has 2 aromatic carbocycles. The number of pyridine rings is 1. The molecule has 1 N–H and O–H groups in total. The molecule has 0 aliphatic carbocycles. The van der Waals surface area contributed by atoms with Gasteiger partial charge in [0.25, 0.3) is 0 Å². The molecule has 0 saturated heterocycles.